The molecule has 0 heterocycles. The number of nitrogens with one attached hydrogen (secondary N) is 2. The Balaban J connectivity index is 2.12. The average molecular weight is 631 g/mol. The zero-order valence-electron chi connectivity index (χ0n) is 28.9. The molecular formula is C38H66N2O5. The van der Waals surface area contributed by atoms with Crippen LogP contribution in [0.1, 0.15) is 161 Å². The Hall–Kier alpha value is -2.57. The van der Waals surface area contributed by atoms with E-state index >= 15 is 0 Å². The molecule has 0 saturated carbocycles. The molecule has 2 amide bonds. The summed E-state index contributed by atoms with van der Waals surface area (Å²) in [6, 6.07) is 8.07. The van der Waals surface area contributed by atoms with E-state index in [4.69, 9.17) is 9.47 Å². The van der Waals surface area contributed by atoms with Gasteiger partial charge in [-0.1, -0.05) is 173 Å². The van der Waals surface area contributed by atoms with Crippen LogP contribution in [0.5, 0.6) is 0 Å². The third-order valence-electron chi connectivity index (χ3n) is 8.27. The molecule has 1 rings (SSSR count). The average Bonchev–Trinajstić information content (AvgIpc) is 3.05. The first kappa shape index (κ1) is 40.5. The van der Waals surface area contributed by atoms with Crippen molar-refractivity contribution in [1.29, 1.82) is 0 Å². The van der Waals surface area contributed by atoms with Gasteiger partial charge in [0.1, 0.15) is 12.6 Å². The van der Waals surface area contributed by atoms with Crippen molar-refractivity contribution >= 4 is 18.0 Å². The van der Waals surface area contributed by atoms with Crippen LogP contribution in [0.25, 0.3) is 0 Å². The van der Waals surface area contributed by atoms with E-state index in [-0.39, 0.29) is 6.54 Å². The van der Waals surface area contributed by atoms with Crippen LogP contribution in [0.4, 0.5) is 4.79 Å². The fraction of sp³-hybridized carbons (Fsp3) is 0.763. The summed E-state index contributed by atoms with van der Waals surface area (Å²) in [7, 11) is 0. The number of unbranched alkanes of at least 4 members (excludes halogenated alkanes) is 20. The van der Waals surface area contributed by atoms with Gasteiger partial charge in [0.25, 0.3) is 0 Å². The van der Waals surface area contributed by atoms with E-state index in [1.165, 1.54) is 103 Å². The number of benzene rings is 1. The highest BCUT2D eigenvalue weighted by atomic mass is 16.5. The number of carbonyl (C=O) groups is 3. The number of hydrogen-bond donors (Lipinski definition) is 2. The van der Waals surface area contributed by atoms with Crippen molar-refractivity contribution in [3.05, 3.63) is 35.9 Å². The molecule has 2 N–H and O–H groups in total. The van der Waals surface area contributed by atoms with Gasteiger partial charge in [-0.25, -0.2) is 9.59 Å². The number of rotatable bonds is 30. The number of hydrogen-bond acceptors (Lipinski definition) is 5. The first-order valence-electron chi connectivity index (χ1n) is 18.5. The van der Waals surface area contributed by atoms with Crippen LogP contribution in [0.3, 0.4) is 0 Å². The van der Waals surface area contributed by atoms with Crippen LogP contribution in [0.2, 0.25) is 0 Å². The Morgan fingerprint density at radius 1 is 0.578 bits per heavy atom. The van der Waals surface area contributed by atoms with Crippen molar-refractivity contribution in [1.82, 2.24) is 10.6 Å². The summed E-state index contributed by atoms with van der Waals surface area (Å²) in [5.74, 6) is -0.940. The van der Waals surface area contributed by atoms with E-state index in [0.717, 1.165) is 44.1 Å². The van der Waals surface area contributed by atoms with E-state index < -0.39 is 24.0 Å². The van der Waals surface area contributed by atoms with Gasteiger partial charge in [-0.2, -0.15) is 0 Å². The van der Waals surface area contributed by atoms with Crippen molar-refractivity contribution in [2.24, 2.45) is 0 Å². The summed E-state index contributed by atoms with van der Waals surface area (Å²) in [5, 5.41) is 5.21. The number of carbonyl (C=O) groups excluding carboxylic acids is 3. The number of urea groups is 1. The van der Waals surface area contributed by atoms with Gasteiger partial charge in [0.15, 0.2) is 0 Å². The molecule has 0 fully saturated rings. The molecule has 0 spiro atoms. The summed E-state index contributed by atoms with van der Waals surface area (Å²) in [6.45, 7) is 4.91. The highest BCUT2D eigenvalue weighted by Gasteiger charge is 2.23. The smallest absolute Gasteiger partial charge is 0.329 e. The minimum absolute atomic E-state index is 0.241. The second-order valence-corrected chi connectivity index (χ2v) is 12.5. The molecule has 258 valence electrons. The van der Waals surface area contributed by atoms with Gasteiger partial charge >= 0.3 is 18.0 Å². The second kappa shape index (κ2) is 30.1. The molecule has 0 aliphatic heterocycles. The standard InChI is InChI=1S/C38H66N2O5/c1-3-5-7-9-11-12-13-14-15-16-17-18-19-20-22-26-30-44-36(41)33-39-38(43)40-35(32-34-28-24-23-25-29-34)37(42)45-31-27-21-10-8-6-4-2/h23-25,28-29,35H,3-22,26-27,30-33H2,1-2H3,(H2,39,40,43). The molecule has 0 radical (unpaired) electrons. The number of amides is 2. The molecule has 1 unspecified atom stereocenters. The van der Waals surface area contributed by atoms with Gasteiger partial charge in [0.2, 0.25) is 0 Å². The van der Waals surface area contributed by atoms with Crippen LogP contribution < -0.4 is 10.6 Å². The lowest BCUT2D eigenvalue weighted by Crippen LogP contribution is -2.49. The van der Waals surface area contributed by atoms with Gasteiger partial charge in [-0.3, -0.25) is 4.79 Å². The van der Waals surface area contributed by atoms with Crippen molar-refractivity contribution in [3.8, 4) is 0 Å². The normalized spacial score (nSPS) is 11.6. The third-order valence-corrected chi connectivity index (χ3v) is 8.27. The topological polar surface area (TPSA) is 93.7 Å². The minimum Gasteiger partial charge on any atom is -0.464 e. The largest absolute Gasteiger partial charge is 0.464 e. The minimum atomic E-state index is -0.839. The Labute approximate surface area is 275 Å². The molecule has 45 heavy (non-hydrogen) atoms. The van der Waals surface area contributed by atoms with Crippen molar-refractivity contribution in [2.75, 3.05) is 19.8 Å². The molecule has 0 aliphatic rings. The predicted octanol–water partition coefficient (Wildman–Crippen LogP) is 9.61. The Bertz CT molecular complexity index is 848. The monoisotopic (exact) mass is 630 g/mol. The lowest BCUT2D eigenvalue weighted by molar-refractivity contribution is -0.146. The molecular weight excluding hydrogens is 564 g/mol. The highest BCUT2D eigenvalue weighted by Crippen LogP contribution is 2.14. The maximum Gasteiger partial charge on any atom is 0.329 e. The lowest BCUT2D eigenvalue weighted by atomic mass is 10.0. The van der Waals surface area contributed by atoms with E-state index in [2.05, 4.69) is 24.5 Å². The van der Waals surface area contributed by atoms with Crippen molar-refractivity contribution in [2.45, 2.75) is 168 Å². The third kappa shape index (κ3) is 25.3. The lowest BCUT2D eigenvalue weighted by Gasteiger charge is -2.18. The van der Waals surface area contributed by atoms with Gasteiger partial charge in [-0.05, 0) is 18.4 Å². The first-order chi connectivity index (χ1) is 22.1. The molecule has 0 aliphatic carbocycles. The SMILES string of the molecule is CCCCCCCCCCCCCCCCCCOC(=O)CNC(=O)NC(Cc1ccccc1)C(=O)OCCCCCCCC. The zero-order valence-corrected chi connectivity index (χ0v) is 28.9. The molecule has 1 aromatic carbocycles. The quantitative estimate of drug-likeness (QED) is 0.0652. The molecule has 1 aromatic rings. The van der Waals surface area contributed by atoms with Crippen LogP contribution in [0, 0.1) is 0 Å². The first-order valence-corrected chi connectivity index (χ1v) is 18.5. The molecule has 0 bridgehead atoms. The molecule has 0 saturated heterocycles. The zero-order chi connectivity index (χ0) is 32.6. The fourth-order valence-corrected chi connectivity index (χ4v) is 5.45. The van der Waals surface area contributed by atoms with Gasteiger partial charge < -0.3 is 20.1 Å². The summed E-state index contributed by atoms with van der Waals surface area (Å²) in [4.78, 5) is 37.4. The predicted molar refractivity (Wildman–Crippen MR) is 185 cm³/mol. The maximum atomic E-state index is 12.8. The van der Waals surface area contributed by atoms with Gasteiger partial charge in [0.05, 0.1) is 13.2 Å². The van der Waals surface area contributed by atoms with Crippen LogP contribution >= 0.6 is 0 Å². The molecule has 1 atom stereocenters. The Kier molecular flexibility index (Phi) is 27.1. The van der Waals surface area contributed by atoms with E-state index in [1.807, 2.05) is 30.3 Å². The summed E-state index contributed by atoms with van der Waals surface area (Å²) < 4.78 is 10.8. The summed E-state index contributed by atoms with van der Waals surface area (Å²) >= 11 is 0. The van der Waals surface area contributed by atoms with E-state index in [9.17, 15) is 14.4 Å². The fourth-order valence-electron chi connectivity index (χ4n) is 5.45. The van der Waals surface area contributed by atoms with Gasteiger partial charge in [-0.15, -0.1) is 0 Å². The molecule has 7 nitrogen and oxygen atoms in total. The van der Waals surface area contributed by atoms with Crippen molar-refractivity contribution < 1.29 is 23.9 Å². The van der Waals surface area contributed by atoms with Crippen LogP contribution in [-0.2, 0) is 25.5 Å². The van der Waals surface area contributed by atoms with Crippen molar-refractivity contribution in [3.63, 3.8) is 0 Å². The summed E-state index contributed by atoms with van der Waals surface area (Å²) in [5.41, 5.74) is 0.914. The van der Waals surface area contributed by atoms with Gasteiger partial charge in [0, 0.05) is 6.42 Å². The maximum absolute atomic E-state index is 12.8. The van der Waals surface area contributed by atoms with Crippen LogP contribution in [0.15, 0.2) is 30.3 Å². The highest BCUT2D eigenvalue weighted by molar-refractivity contribution is 5.85. The molecule has 7 heteroatoms. The summed E-state index contributed by atoms with van der Waals surface area (Å²) in [6.07, 6.45) is 27.6. The molecule has 0 aromatic heterocycles. The van der Waals surface area contributed by atoms with E-state index in [0.29, 0.717) is 19.6 Å². The number of esters is 2. The number of ether oxygens (including phenoxy) is 2. The van der Waals surface area contributed by atoms with E-state index in [1.54, 1.807) is 0 Å². The Morgan fingerprint density at radius 3 is 1.47 bits per heavy atom. The van der Waals surface area contributed by atoms with Crippen LogP contribution in [-0.4, -0.2) is 43.8 Å². The second-order valence-electron chi connectivity index (χ2n) is 12.5. The Morgan fingerprint density at radius 2 is 1.00 bits per heavy atom.